The number of nitrogens with one attached hydrogen (secondary N) is 2. The van der Waals surface area contributed by atoms with E-state index in [4.69, 9.17) is 31.2 Å². The van der Waals surface area contributed by atoms with Gasteiger partial charge in [0.25, 0.3) is 0 Å². The molecular weight excluding hydrogens is 995 g/mol. The van der Waals surface area contributed by atoms with Crippen molar-refractivity contribution in [2.45, 2.75) is 189 Å². The molecule has 0 spiro atoms. The molecule has 0 unspecified atom stereocenters. The Morgan fingerprint density at radius 2 is 1.32 bits per heavy atom. The number of thiocarbonyl (C=S) groups is 1. The highest BCUT2D eigenvalue weighted by atomic mass is 32.1. The Balaban J connectivity index is 1.56. The molecule has 20 nitrogen and oxygen atoms in total. The maximum Gasteiger partial charge on any atom is 0.311 e. The van der Waals surface area contributed by atoms with Gasteiger partial charge in [-0.1, -0.05) is 98.9 Å². The minimum Gasteiger partial charge on any atom is -0.481 e. The second-order valence-corrected chi connectivity index (χ2v) is 20.9. The molecule has 4 heterocycles. The van der Waals surface area contributed by atoms with Gasteiger partial charge in [0, 0.05) is 50.6 Å². The van der Waals surface area contributed by atoms with Crippen molar-refractivity contribution in [3.8, 4) is 0 Å². The molecule has 0 saturated carbocycles. The van der Waals surface area contributed by atoms with Gasteiger partial charge in [0.2, 0.25) is 0 Å². The minimum absolute atomic E-state index is 0.112. The largest absolute Gasteiger partial charge is 0.481 e. The third-order valence-corrected chi connectivity index (χ3v) is 14.4. The molecule has 2 bridgehead atoms. The SMILES string of the molecule is C[C@@H]1[C@H](O)[C@@H](C)/C=C/C=C/C=C/C=C/C=C/C=C/C=C/[C@H](O[C@@H]2O[C@@H](C)[C@@H](O)[C@H](NC(=S)NCCN3CCCC3)[C@@H]2O)C[C@@H]2O[C@](O)(C[C@@H](O)C[C@@H](O)[C@H](O)CC[C@@H](O)C[C@@H](O)CC(=O)O[C@H]1C)C[C@H](O)[C@H]2C(=O)O. The standard InChI is InChI=1S/C54H85N3O17S/c1-33-19-15-13-11-9-7-5-6-8-10-12-14-16-20-40(73-52-50(67)47(49(66)36(4)72-52)56-53(75)55-23-26-57-24-17-18-25-57)30-44-46(51(68)69)43(63)32-54(70,74-44)31-39(60)28-42(62)41(61)22-21-37(58)27-38(59)29-45(64)71-35(3)34(2)48(33)65/h5-16,19-20,33-44,46-50,52,58-63,65-67,70H,17-18,21-32H2,1-4H3,(H,68,69)(H2,55,56,75)/b6-5+,9-7+,10-8+,13-11+,14-12+,19-15+,20-16+/t33-,34-,35-,36-,37+,38+,39-,40-,41+,42+,43-,44-,46+,47-,48+,49+,50-,52-,54+/m0/s1. The second kappa shape index (κ2) is 32.2. The Kier molecular flexibility index (Phi) is 27.4. The summed E-state index contributed by atoms with van der Waals surface area (Å²) in [4.78, 5) is 27.7. The Hall–Kier alpha value is -3.75. The van der Waals surface area contributed by atoms with E-state index in [1.54, 1.807) is 81.5 Å². The Morgan fingerprint density at radius 3 is 1.93 bits per heavy atom. The lowest BCUT2D eigenvalue weighted by atomic mass is 9.82. The van der Waals surface area contributed by atoms with E-state index in [-0.39, 0.29) is 36.7 Å². The number of hydrogen-bond acceptors (Lipinski definition) is 18. The smallest absolute Gasteiger partial charge is 0.311 e. The molecule has 0 radical (unpaired) electrons. The summed E-state index contributed by atoms with van der Waals surface area (Å²) >= 11 is 5.52. The zero-order chi connectivity index (χ0) is 55.2. The Bertz CT molecular complexity index is 1960. The molecule has 3 fully saturated rings. The summed E-state index contributed by atoms with van der Waals surface area (Å²) in [5.74, 6) is -6.89. The van der Waals surface area contributed by atoms with Crippen LogP contribution in [0.5, 0.6) is 0 Å². The van der Waals surface area contributed by atoms with Crippen molar-refractivity contribution < 1.29 is 84.7 Å². The van der Waals surface area contributed by atoms with Crippen LogP contribution in [0.1, 0.15) is 91.9 Å². The monoisotopic (exact) mass is 1080 g/mol. The summed E-state index contributed by atoms with van der Waals surface area (Å²) in [5, 5.41) is 127. The lowest BCUT2D eigenvalue weighted by Gasteiger charge is -2.45. The van der Waals surface area contributed by atoms with Crippen molar-refractivity contribution in [1.82, 2.24) is 15.5 Å². The number of aliphatic carboxylic acids is 1. The normalized spacial score (nSPS) is 42.2. The number of nitrogens with zero attached hydrogens (tertiary/aromatic N) is 1. The fraction of sp³-hybridized carbons (Fsp3) is 0.685. The number of rotatable bonds is 7. The number of hydrogen-bond donors (Lipinski definition) is 13. The number of esters is 1. The number of fused-ring (bicyclic) bond motifs is 2. The lowest BCUT2D eigenvalue weighted by molar-refractivity contribution is -0.309. The zero-order valence-electron chi connectivity index (χ0n) is 43.6. The van der Waals surface area contributed by atoms with Crippen LogP contribution in [0.3, 0.4) is 0 Å². The third kappa shape index (κ3) is 21.9. The number of carboxylic acid groups (broad SMARTS) is 1. The molecule has 4 aliphatic heterocycles. The van der Waals surface area contributed by atoms with Crippen LogP contribution in [0.2, 0.25) is 0 Å². The van der Waals surface area contributed by atoms with Gasteiger partial charge in [-0.15, -0.1) is 0 Å². The van der Waals surface area contributed by atoms with Gasteiger partial charge in [-0.2, -0.15) is 0 Å². The van der Waals surface area contributed by atoms with E-state index < -0.39 is 147 Å². The highest BCUT2D eigenvalue weighted by Crippen LogP contribution is 2.38. The Morgan fingerprint density at radius 1 is 0.720 bits per heavy atom. The molecule has 4 rings (SSSR count). The van der Waals surface area contributed by atoms with Crippen molar-refractivity contribution in [3.63, 3.8) is 0 Å². The molecule has 0 aromatic carbocycles. The number of carboxylic acids is 1. The summed E-state index contributed by atoms with van der Waals surface area (Å²) in [6.45, 7) is 10.1. The number of carbonyl (C=O) groups excluding carboxylic acids is 1. The van der Waals surface area contributed by atoms with E-state index in [0.717, 1.165) is 32.5 Å². The van der Waals surface area contributed by atoms with E-state index >= 15 is 0 Å². The van der Waals surface area contributed by atoms with Crippen LogP contribution in [-0.2, 0) is 28.5 Å². The van der Waals surface area contributed by atoms with Gasteiger partial charge in [-0.05, 0) is 71.3 Å². The molecule has 4 aliphatic rings. The topological polar surface area (TPSA) is 321 Å². The Labute approximate surface area is 446 Å². The average molecular weight is 1080 g/mol. The van der Waals surface area contributed by atoms with E-state index in [1.165, 1.54) is 0 Å². The summed E-state index contributed by atoms with van der Waals surface area (Å²) in [6, 6.07) is -1.06. The highest BCUT2D eigenvalue weighted by molar-refractivity contribution is 7.80. The van der Waals surface area contributed by atoms with Gasteiger partial charge in [-0.3, -0.25) is 9.59 Å². The number of cyclic esters (lactones) is 1. The second-order valence-electron chi connectivity index (χ2n) is 20.5. The first kappa shape index (κ1) is 63.8. The van der Waals surface area contributed by atoms with Crippen LogP contribution in [0.4, 0.5) is 0 Å². The van der Waals surface area contributed by atoms with Crippen molar-refractivity contribution in [2.75, 3.05) is 26.2 Å². The molecule has 0 aromatic heterocycles. The van der Waals surface area contributed by atoms with E-state index in [0.29, 0.717) is 6.54 Å². The van der Waals surface area contributed by atoms with Crippen molar-refractivity contribution in [3.05, 3.63) is 85.1 Å². The van der Waals surface area contributed by atoms with Crippen molar-refractivity contribution in [1.29, 1.82) is 0 Å². The minimum atomic E-state index is -2.35. The molecule has 3 saturated heterocycles. The molecule has 0 amide bonds. The zero-order valence-corrected chi connectivity index (χ0v) is 44.4. The fourth-order valence-corrected chi connectivity index (χ4v) is 9.88. The number of aliphatic hydroxyl groups excluding tert-OH is 9. The highest BCUT2D eigenvalue weighted by Gasteiger charge is 2.51. The molecule has 13 N–H and O–H groups in total. The fourth-order valence-electron chi connectivity index (χ4n) is 9.64. The number of aliphatic hydroxyl groups is 10. The van der Waals surface area contributed by atoms with Crippen LogP contribution in [0.25, 0.3) is 0 Å². The predicted molar refractivity (Wildman–Crippen MR) is 282 cm³/mol. The quantitative estimate of drug-likeness (QED) is 0.126. The predicted octanol–water partition coefficient (Wildman–Crippen LogP) is 1.31. The van der Waals surface area contributed by atoms with Gasteiger partial charge in [0.05, 0.1) is 73.5 Å². The van der Waals surface area contributed by atoms with Crippen LogP contribution < -0.4 is 10.6 Å². The van der Waals surface area contributed by atoms with E-state index in [2.05, 4.69) is 15.5 Å². The molecule has 0 aromatic rings. The summed E-state index contributed by atoms with van der Waals surface area (Å²) in [5.41, 5.74) is 0. The van der Waals surface area contributed by atoms with Crippen LogP contribution in [0.15, 0.2) is 85.1 Å². The number of ether oxygens (including phenoxy) is 4. The van der Waals surface area contributed by atoms with Gasteiger partial charge in [0.15, 0.2) is 17.2 Å². The number of likely N-dealkylation sites (tertiary alicyclic amines) is 1. The molecule has 21 heteroatoms. The average Bonchev–Trinajstić information content (AvgIpc) is 3.85. The summed E-state index contributed by atoms with van der Waals surface area (Å²) in [7, 11) is 0. The number of carbonyl (C=O) groups is 2. The molecule has 424 valence electrons. The maximum atomic E-state index is 12.7. The van der Waals surface area contributed by atoms with Crippen molar-refractivity contribution in [2.24, 2.45) is 17.8 Å². The van der Waals surface area contributed by atoms with Crippen LogP contribution >= 0.6 is 12.2 Å². The first-order valence-corrected chi connectivity index (χ1v) is 26.7. The summed E-state index contributed by atoms with van der Waals surface area (Å²) < 4.78 is 23.8. The van der Waals surface area contributed by atoms with Crippen LogP contribution in [-0.4, -0.2) is 202 Å². The van der Waals surface area contributed by atoms with E-state index in [1.807, 2.05) is 31.2 Å². The third-order valence-electron chi connectivity index (χ3n) is 14.2. The molecule has 19 atom stereocenters. The first-order chi connectivity index (χ1) is 35.6. The first-order valence-electron chi connectivity index (χ1n) is 26.3. The molecular formula is C54H85N3O17S. The van der Waals surface area contributed by atoms with Gasteiger partial charge >= 0.3 is 11.9 Å². The maximum absolute atomic E-state index is 12.7. The van der Waals surface area contributed by atoms with Crippen LogP contribution in [0, 0.1) is 17.8 Å². The van der Waals surface area contributed by atoms with E-state index in [9.17, 15) is 65.8 Å². The number of allylic oxidation sites excluding steroid dienone is 12. The summed E-state index contributed by atoms with van der Waals surface area (Å²) in [6.07, 6.45) is 5.57. The van der Waals surface area contributed by atoms with Gasteiger partial charge in [0.1, 0.15) is 24.2 Å². The lowest BCUT2D eigenvalue weighted by Crippen LogP contribution is -2.65. The van der Waals surface area contributed by atoms with Crippen molar-refractivity contribution >= 4 is 29.3 Å². The molecule has 0 aliphatic carbocycles. The van der Waals surface area contributed by atoms with Gasteiger partial charge in [-0.25, -0.2) is 0 Å². The molecule has 75 heavy (non-hydrogen) atoms. The van der Waals surface area contributed by atoms with Gasteiger partial charge < -0.3 is 90.7 Å².